The molecule has 0 radical (unpaired) electrons. The normalized spacial score (nSPS) is 16.1. The van der Waals surface area contributed by atoms with Crippen LogP contribution in [-0.2, 0) is 4.79 Å². The van der Waals surface area contributed by atoms with Gasteiger partial charge < -0.3 is 16.0 Å². The van der Waals surface area contributed by atoms with Crippen molar-refractivity contribution in [1.29, 1.82) is 0 Å². The van der Waals surface area contributed by atoms with Crippen molar-refractivity contribution in [2.24, 2.45) is 0 Å². The topological polar surface area (TPSA) is 58.4 Å². The van der Waals surface area contributed by atoms with Crippen LogP contribution in [-0.4, -0.2) is 25.5 Å². The lowest BCUT2D eigenvalue weighted by Crippen LogP contribution is -2.47. The molecule has 16 heavy (non-hydrogen) atoms. The molecule has 1 amide bonds. The number of piperazine rings is 1. The smallest absolute Gasteiger partial charge is 0.239 e. The highest BCUT2D eigenvalue weighted by atomic mass is 35.5. The summed E-state index contributed by atoms with van der Waals surface area (Å²) in [5.74, 6) is -0.627. The van der Waals surface area contributed by atoms with Crippen LogP contribution in [0.4, 0.5) is 15.8 Å². The molecule has 0 spiro atoms. The molecule has 6 heteroatoms. The fourth-order valence-electron chi connectivity index (χ4n) is 1.67. The van der Waals surface area contributed by atoms with Crippen LogP contribution < -0.4 is 16.0 Å². The van der Waals surface area contributed by atoms with E-state index >= 15 is 0 Å². The number of carbonyl (C=O) groups excluding carboxylic acids is 1. The van der Waals surface area contributed by atoms with Crippen LogP contribution >= 0.6 is 11.6 Å². The average molecular weight is 244 g/mol. The molecule has 2 rings (SSSR count). The molecule has 3 N–H and O–H groups in total. The van der Waals surface area contributed by atoms with Crippen molar-refractivity contribution in [3.05, 3.63) is 23.0 Å². The second kappa shape index (κ2) is 4.17. The Kier molecular flexibility index (Phi) is 2.87. The van der Waals surface area contributed by atoms with Crippen molar-refractivity contribution in [2.45, 2.75) is 0 Å². The first-order valence-electron chi connectivity index (χ1n) is 4.84. The Bertz CT molecular complexity index is 438. The second-order valence-corrected chi connectivity index (χ2v) is 4.00. The summed E-state index contributed by atoms with van der Waals surface area (Å²) in [6, 6.07) is 2.62. The molecule has 4 nitrogen and oxygen atoms in total. The lowest BCUT2D eigenvalue weighted by atomic mass is 10.2. The van der Waals surface area contributed by atoms with Crippen molar-refractivity contribution < 1.29 is 9.18 Å². The average Bonchev–Trinajstić information content (AvgIpc) is 2.23. The Balaban J connectivity index is 2.32. The molecule has 1 aliphatic heterocycles. The molecule has 0 saturated carbocycles. The van der Waals surface area contributed by atoms with E-state index in [1.165, 1.54) is 12.1 Å². The molecule has 0 unspecified atom stereocenters. The lowest BCUT2D eigenvalue weighted by Gasteiger charge is -2.29. The number of hydrogen-bond acceptors (Lipinski definition) is 3. The SMILES string of the molecule is Nc1cc(Cl)c(F)cc1N1CCNC(=O)C1. The fourth-order valence-corrected chi connectivity index (χ4v) is 1.84. The summed E-state index contributed by atoms with van der Waals surface area (Å²) in [4.78, 5) is 12.9. The van der Waals surface area contributed by atoms with Crippen LogP contribution in [0.2, 0.25) is 5.02 Å². The predicted octanol–water partition coefficient (Wildman–Crippen LogP) is 0.998. The number of benzene rings is 1. The monoisotopic (exact) mass is 243 g/mol. The Morgan fingerprint density at radius 2 is 2.25 bits per heavy atom. The molecular formula is C10H11ClFN3O. The van der Waals surface area contributed by atoms with Gasteiger partial charge in [-0.15, -0.1) is 0 Å². The summed E-state index contributed by atoms with van der Waals surface area (Å²) in [7, 11) is 0. The van der Waals surface area contributed by atoms with Crippen molar-refractivity contribution in [1.82, 2.24) is 5.32 Å². The van der Waals surface area contributed by atoms with E-state index in [-0.39, 0.29) is 17.5 Å². The number of carbonyl (C=O) groups is 1. The molecule has 1 saturated heterocycles. The van der Waals surface area contributed by atoms with E-state index in [2.05, 4.69) is 5.32 Å². The highest BCUT2D eigenvalue weighted by Crippen LogP contribution is 2.29. The van der Waals surface area contributed by atoms with Gasteiger partial charge in [0.25, 0.3) is 0 Å². The zero-order valence-electron chi connectivity index (χ0n) is 8.46. The van der Waals surface area contributed by atoms with Crippen LogP contribution in [0.3, 0.4) is 0 Å². The van der Waals surface area contributed by atoms with Crippen LogP contribution in [0.25, 0.3) is 0 Å². The van der Waals surface area contributed by atoms with E-state index in [1.54, 1.807) is 4.90 Å². The summed E-state index contributed by atoms with van der Waals surface area (Å²) in [6.45, 7) is 1.32. The Morgan fingerprint density at radius 1 is 1.50 bits per heavy atom. The van der Waals surface area contributed by atoms with Crippen LogP contribution in [0.1, 0.15) is 0 Å². The third kappa shape index (κ3) is 2.04. The molecule has 0 aromatic heterocycles. The van der Waals surface area contributed by atoms with Gasteiger partial charge in [0.1, 0.15) is 5.82 Å². The molecule has 0 bridgehead atoms. The minimum absolute atomic E-state index is 0.0114. The number of nitrogens with zero attached hydrogens (tertiary/aromatic N) is 1. The first-order valence-corrected chi connectivity index (χ1v) is 5.22. The maximum absolute atomic E-state index is 13.3. The third-order valence-corrected chi connectivity index (χ3v) is 2.74. The van der Waals surface area contributed by atoms with Crippen molar-refractivity contribution in [3.8, 4) is 0 Å². The fraction of sp³-hybridized carbons (Fsp3) is 0.300. The number of nitrogens with two attached hydrogens (primary N) is 1. The Labute approximate surface area is 97.2 Å². The summed E-state index contributed by atoms with van der Waals surface area (Å²) in [5.41, 5.74) is 6.63. The highest BCUT2D eigenvalue weighted by molar-refractivity contribution is 6.31. The van der Waals surface area contributed by atoms with Gasteiger partial charge in [-0.05, 0) is 6.07 Å². The zero-order valence-corrected chi connectivity index (χ0v) is 9.22. The maximum Gasteiger partial charge on any atom is 0.239 e. The van der Waals surface area contributed by atoms with Gasteiger partial charge in [-0.1, -0.05) is 11.6 Å². The van der Waals surface area contributed by atoms with Crippen molar-refractivity contribution in [2.75, 3.05) is 30.3 Å². The third-order valence-electron chi connectivity index (χ3n) is 2.45. The summed E-state index contributed by atoms with van der Waals surface area (Å²) in [5, 5.41) is 2.67. The molecule has 86 valence electrons. The van der Waals surface area contributed by atoms with E-state index in [0.29, 0.717) is 24.5 Å². The molecule has 0 atom stereocenters. The highest BCUT2D eigenvalue weighted by Gasteiger charge is 2.19. The van der Waals surface area contributed by atoms with Crippen molar-refractivity contribution >= 4 is 28.9 Å². The largest absolute Gasteiger partial charge is 0.397 e. The summed E-state index contributed by atoms with van der Waals surface area (Å²) < 4.78 is 13.3. The van der Waals surface area contributed by atoms with Gasteiger partial charge >= 0.3 is 0 Å². The van der Waals surface area contributed by atoms with E-state index in [4.69, 9.17) is 17.3 Å². The summed E-state index contributed by atoms with van der Waals surface area (Å²) in [6.07, 6.45) is 0. The van der Waals surface area contributed by atoms with Crippen molar-refractivity contribution in [3.63, 3.8) is 0 Å². The standard InChI is InChI=1S/C10H11ClFN3O/c11-6-3-8(13)9(4-7(6)12)15-2-1-14-10(16)5-15/h3-4H,1-2,5,13H2,(H,14,16). The minimum atomic E-state index is -0.531. The van der Waals surface area contributed by atoms with Gasteiger partial charge in [0, 0.05) is 19.2 Å². The second-order valence-electron chi connectivity index (χ2n) is 3.60. The maximum atomic E-state index is 13.3. The van der Waals surface area contributed by atoms with E-state index < -0.39 is 5.82 Å². The Morgan fingerprint density at radius 3 is 2.94 bits per heavy atom. The quantitative estimate of drug-likeness (QED) is 0.724. The number of nitrogen functional groups attached to an aromatic ring is 1. The minimum Gasteiger partial charge on any atom is -0.397 e. The summed E-state index contributed by atoms with van der Waals surface area (Å²) >= 11 is 5.60. The molecule has 1 aromatic rings. The van der Waals surface area contributed by atoms with Crippen LogP contribution in [0.5, 0.6) is 0 Å². The van der Waals surface area contributed by atoms with Gasteiger partial charge in [-0.2, -0.15) is 0 Å². The Hall–Kier alpha value is -1.49. The van der Waals surface area contributed by atoms with E-state index in [1.807, 2.05) is 0 Å². The van der Waals surface area contributed by atoms with Gasteiger partial charge in [0.05, 0.1) is 22.9 Å². The van der Waals surface area contributed by atoms with Crippen LogP contribution in [0.15, 0.2) is 12.1 Å². The van der Waals surface area contributed by atoms with Gasteiger partial charge in [-0.3, -0.25) is 4.79 Å². The number of nitrogens with one attached hydrogen (secondary N) is 1. The number of rotatable bonds is 1. The number of amides is 1. The number of hydrogen-bond donors (Lipinski definition) is 2. The first-order chi connectivity index (χ1) is 7.58. The van der Waals surface area contributed by atoms with Gasteiger partial charge in [-0.25, -0.2) is 4.39 Å². The molecule has 1 fully saturated rings. The van der Waals surface area contributed by atoms with E-state index in [0.717, 1.165) is 0 Å². The number of anilines is 2. The number of halogens is 2. The first kappa shape index (κ1) is 11.0. The molecule has 0 aliphatic carbocycles. The molecule has 1 heterocycles. The van der Waals surface area contributed by atoms with Crippen LogP contribution in [0, 0.1) is 5.82 Å². The van der Waals surface area contributed by atoms with E-state index in [9.17, 15) is 9.18 Å². The van der Waals surface area contributed by atoms with Gasteiger partial charge in [0.2, 0.25) is 5.91 Å². The zero-order chi connectivity index (χ0) is 11.7. The predicted molar refractivity (Wildman–Crippen MR) is 61.0 cm³/mol. The van der Waals surface area contributed by atoms with Gasteiger partial charge in [0.15, 0.2) is 0 Å². The molecular weight excluding hydrogens is 233 g/mol. The molecule has 1 aromatic carbocycles. The molecule has 1 aliphatic rings. The lowest BCUT2D eigenvalue weighted by molar-refractivity contribution is -0.120.